The minimum Gasteiger partial charge on any atom is -0.474 e. The lowest BCUT2D eigenvalue weighted by atomic mass is 9.98. The maximum Gasteiger partial charge on any atom is 0.256 e. The van der Waals surface area contributed by atoms with Gasteiger partial charge in [0.2, 0.25) is 5.91 Å². The molecule has 0 radical (unpaired) electrons. The molecule has 0 saturated carbocycles. The molecule has 1 aliphatic rings. The van der Waals surface area contributed by atoms with Gasteiger partial charge in [-0.25, -0.2) is 9.07 Å². The number of ether oxygens (including phenoxy) is 1. The summed E-state index contributed by atoms with van der Waals surface area (Å²) in [6.07, 6.45) is 4.24. The number of methoxy groups -OCH3 is 1. The SMILES string of the molecule is COC(=S)NCc1cn(-c2ccc(C3=CCN(C(C)=O)CC3)c(F)c2)nn1. The van der Waals surface area contributed by atoms with Crippen LogP contribution >= 0.6 is 12.2 Å². The average Bonchev–Trinajstić information content (AvgIpc) is 3.15. The number of hydrogen-bond acceptors (Lipinski definition) is 5. The van der Waals surface area contributed by atoms with Crippen molar-refractivity contribution in [2.24, 2.45) is 0 Å². The molecule has 1 N–H and O–H groups in total. The van der Waals surface area contributed by atoms with Gasteiger partial charge >= 0.3 is 0 Å². The Morgan fingerprint density at radius 2 is 2.26 bits per heavy atom. The molecule has 0 saturated heterocycles. The molecule has 0 spiro atoms. The minimum atomic E-state index is -0.328. The fourth-order valence-corrected chi connectivity index (χ4v) is 2.92. The van der Waals surface area contributed by atoms with Crippen LogP contribution < -0.4 is 5.32 Å². The lowest BCUT2D eigenvalue weighted by Crippen LogP contribution is -2.32. The fraction of sp³-hybridized carbons (Fsp3) is 0.333. The molecule has 2 aromatic rings. The van der Waals surface area contributed by atoms with Crippen LogP contribution in [0.5, 0.6) is 0 Å². The van der Waals surface area contributed by atoms with Crippen LogP contribution in [0.25, 0.3) is 11.3 Å². The Balaban J connectivity index is 1.73. The van der Waals surface area contributed by atoms with Gasteiger partial charge in [-0.05, 0) is 36.3 Å². The minimum absolute atomic E-state index is 0.0313. The first kappa shape index (κ1) is 19.0. The van der Waals surface area contributed by atoms with E-state index in [1.807, 2.05) is 6.08 Å². The summed E-state index contributed by atoms with van der Waals surface area (Å²) >= 11 is 4.90. The van der Waals surface area contributed by atoms with Gasteiger partial charge in [-0.3, -0.25) is 4.79 Å². The van der Waals surface area contributed by atoms with Gasteiger partial charge < -0.3 is 15.0 Å². The van der Waals surface area contributed by atoms with Crippen LogP contribution in [0.15, 0.2) is 30.5 Å². The highest BCUT2D eigenvalue weighted by molar-refractivity contribution is 7.80. The Morgan fingerprint density at radius 3 is 2.89 bits per heavy atom. The molecule has 0 aliphatic carbocycles. The second-order valence-electron chi connectivity index (χ2n) is 6.11. The van der Waals surface area contributed by atoms with Gasteiger partial charge in [-0.2, -0.15) is 0 Å². The predicted octanol–water partition coefficient (Wildman–Crippen LogP) is 2.06. The number of aromatic nitrogens is 3. The van der Waals surface area contributed by atoms with Crippen molar-refractivity contribution in [1.29, 1.82) is 0 Å². The van der Waals surface area contributed by atoms with Crippen LogP contribution in [-0.4, -0.2) is 51.2 Å². The number of thiocarbonyl (C=S) groups is 1. The Morgan fingerprint density at radius 1 is 1.44 bits per heavy atom. The molecule has 1 aromatic heterocycles. The zero-order valence-electron chi connectivity index (χ0n) is 15.1. The van der Waals surface area contributed by atoms with Gasteiger partial charge in [0.05, 0.1) is 25.5 Å². The molecule has 27 heavy (non-hydrogen) atoms. The molecule has 7 nitrogen and oxygen atoms in total. The van der Waals surface area contributed by atoms with E-state index in [-0.39, 0.29) is 16.9 Å². The molecule has 1 amide bonds. The summed E-state index contributed by atoms with van der Waals surface area (Å²) < 4.78 is 21.0. The van der Waals surface area contributed by atoms with Crippen molar-refractivity contribution < 1.29 is 13.9 Å². The van der Waals surface area contributed by atoms with Gasteiger partial charge in [0.15, 0.2) is 0 Å². The highest BCUT2D eigenvalue weighted by atomic mass is 32.1. The molecule has 0 fully saturated rings. The number of rotatable bonds is 4. The van der Waals surface area contributed by atoms with Gasteiger partial charge in [0.1, 0.15) is 11.5 Å². The van der Waals surface area contributed by atoms with Crippen molar-refractivity contribution >= 4 is 28.9 Å². The number of benzene rings is 1. The predicted molar refractivity (Wildman–Crippen MR) is 103 cm³/mol. The molecule has 0 unspecified atom stereocenters. The molecular formula is C18H20FN5O2S. The van der Waals surface area contributed by atoms with Crippen LogP contribution in [0.1, 0.15) is 24.6 Å². The zero-order valence-corrected chi connectivity index (χ0v) is 15.9. The standard InChI is InChI=1S/C18H20FN5O2S/c1-12(25)23-7-5-13(6-8-23)16-4-3-15(9-17(16)19)24-11-14(21-22-24)10-20-18(27)26-2/h3-5,9,11H,6-8,10H2,1-2H3,(H,20,27). The third kappa shape index (κ3) is 4.48. The molecule has 0 atom stereocenters. The summed E-state index contributed by atoms with van der Waals surface area (Å²) in [5.74, 6) is -0.297. The van der Waals surface area contributed by atoms with Gasteiger partial charge in [0, 0.05) is 31.6 Å². The Labute approximate surface area is 161 Å². The van der Waals surface area contributed by atoms with Crippen LogP contribution in [0.2, 0.25) is 0 Å². The van der Waals surface area contributed by atoms with E-state index in [9.17, 15) is 9.18 Å². The summed E-state index contributed by atoms with van der Waals surface area (Å²) in [6.45, 7) is 3.02. The second kappa shape index (κ2) is 8.26. The van der Waals surface area contributed by atoms with E-state index < -0.39 is 0 Å². The Bertz CT molecular complexity index is 896. The summed E-state index contributed by atoms with van der Waals surface area (Å²) in [5.41, 5.74) is 2.69. The molecule has 1 aliphatic heterocycles. The van der Waals surface area contributed by atoms with E-state index in [0.717, 1.165) is 5.57 Å². The monoisotopic (exact) mass is 389 g/mol. The lowest BCUT2D eigenvalue weighted by molar-refractivity contribution is -0.128. The van der Waals surface area contributed by atoms with E-state index in [1.54, 1.807) is 30.2 Å². The number of halogens is 1. The first-order chi connectivity index (χ1) is 13.0. The van der Waals surface area contributed by atoms with Crippen molar-refractivity contribution in [3.63, 3.8) is 0 Å². The number of carbonyl (C=O) groups is 1. The smallest absolute Gasteiger partial charge is 0.256 e. The summed E-state index contributed by atoms with van der Waals surface area (Å²) in [5, 5.41) is 11.2. The largest absolute Gasteiger partial charge is 0.474 e. The van der Waals surface area contributed by atoms with Crippen molar-refractivity contribution in [3.05, 3.63) is 47.5 Å². The van der Waals surface area contributed by atoms with Crippen molar-refractivity contribution in [2.75, 3.05) is 20.2 Å². The van der Waals surface area contributed by atoms with Crippen LogP contribution in [-0.2, 0) is 16.1 Å². The topological polar surface area (TPSA) is 72.3 Å². The molecule has 3 rings (SSSR count). The maximum atomic E-state index is 14.7. The normalized spacial score (nSPS) is 13.9. The van der Waals surface area contributed by atoms with Gasteiger partial charge in [0.25, 0.3) is 5.17 Å². The van der Waals surface area contributed by atoms with E-state index in [1.165, 1.54) is 17.9 Å². The van der Waals surface area contributed by atoms with E-state index >= 15 is 0 Å². The van der Waals surface area contributed by atoms with E-state index in [0.29, 0.717) is 43.0 Å². The quantitative estimate of drug-likeness (QED) is 0.807. The zero-order chi connectivity index (χ0) is 19.4. The summed E-state index contributed by atoms with van der Waals surface area (Å²) in [7, 11) is 1.48. The summed E-state index contributed by atoms with van der Waals surface area (Å²) in [4.78, 5) is 13.1. The lowest BCUT2D eigenvalue weighted by Gasteiger charge is -2.25. The maximum absolute atomic E-state index is 14.7. The number of nitrogens with zero attached hydrogens (tertiary/aromatic N) is 4. The van der Waals surface area contributed by atoms with Crippen molar-refractivity contribution in [3.8, 4) is 5.69 Å². The van der Waals surface area contributed by atoms with Crippen LogP contribution in [0.4, 0.5) is 4.39 Å². The Hall–Kier alpha value is -2.81. The third-order valence-corrected chi connectivity index (χ3v) is 4.67. The molecule has 142 valence electrons. The third-order valence-electron chi connectivity index (χ3n) is 4.36. The number of hydrogen-bond donors (Lipinski definition) is 1. The molecule has 1 aromatic carbocycles. The van der Waals surface area contributed by atoms with Crippen molar-refractivity contribution in [1.82, 2.24) is 25.2 Å². The number of amides is 1. The first-order valence-electron chi connectivity index (χ1n) is 8.46. The number of nitrogens with one attached hydrogen (secondary N) is 1. The van der Waals surface area contributed by atoms with Gasteiger partial charge in [-0.15, -0.1) is 5.10 Å². The fourth-order valence-electron chi connectivity index (χ4n) is 2.85. The summed E-state index contributed by atoms with van der Waals surface area (Å²) in [6, 6.07) is 4.96. The number of carbonyl (C=O) groups excluding carboxylic acids is 1. The highest BCUT2D eigenvalue weighted by Crippen LogP contribution is 2.26. The van der Waals surface area contributed by atoms with Gasteiger partial charge in [-0.1, -0.05) is 11.3 Å². The van der Waals surface area contributed by atoms with Crippen molar-refractivity contribution in [2.45, 2.75) is 19.9 Å². The average molecular weight is 389 g/mol. The van der Waals surface area contributed by atoms with E-state index in [4.69, 9.17) is 17.0 Å². The Kier molecular flexibility index (Phi) is 5.80. The molecule has 0 bridgehead atoms. The molecule has 2 heterocycles. The second-order valence-corrected chi connectivity index (χ2v) is 6.48. The van der Waals surface area contributed by atoms with Crippen LogP contribution in [0.3, 0.4) is 0 Å². The molecule has 9 heteroatoms. The van der Waals surface area contributed by atoms with E-state index in [2.05, 4.69) is 15.6 Å². The molecular weight excluding hydrogens is 369 g/mol. The highest BCUT2D eigenvalue weighted by Gasteiger charge is 2.17. The van der Waals surface area contributed by atoms with Crippen LogP contribution in [0, 0.1) is 5.82 Å². The first-order valence-corrected chi connectivity index (χ1v) is 8.86.